The number of benzene rings is 1. The fourth-order valence-electron chi connectivity index (χ4n) is 6.41. The highest BCUT2D eigenvalue weighted by atomic mass is 16.5. The molecule has 1 amide bonds. The van der Waals surface area contributed by atoms with Crippen LogP contribution >= 0.6 is 0 Å². The molecular formula is C28H36N2O5. The van der Waals surface area contributed by atoms with E-state index in [2.05, 4.69) is 10.3 Å². The molecule has 2 saturated heterocycles. The summed E-state index contributed by atoms with van der Waals surface area (Å²) in [5.74, 6) is 0.273. The van der Waals surface area contributed by atoms with Crippen molar-refractivity contribution in [3.8, 4) is 0 Å². The van der Waals surface area contributed by atoms with Gasteiger partial charge in [0, 0.05) is 12.5 Å². The molecule has 35 heavy (non-hydrogen) atoms. The molecule has 1 aromatic heterocycles. The van der Waals surface area contributed by atoms with Crippen molar-refractivity contribution in [3.63, 3.8) is 0 Å². The summed E-state index contributed by atoms with van der Waals surface area (Å²) >= 11 is 0. The van der Waals surface area contributed by atoms with Crippen LogP contribution < -0.4 is 5.32 Å². The maximum absolute atomic E-state index is 12.7. The monoisotopic (exact) mass is 480 g/mol. The van der Waals surface area contributed by atoms with E-state index in [1.54, 1.807) is 12.1 Å². The summed E-state index contributed by atoms with van der Waals surface area (Å²) in [5, 5.41) is 12.6. The quantitative estimate of drug-likeness (QED) is 0.444. The van der Waals surface area contributed by atoms with Crippen molar-refractivity contribution in [1.29, 1.82) is 0 Å². The number of nitrogens with one attached hydrogen (secondary N) is 1. The second-order valence-corrected chi connectivity index (χ2v) is 10.5. The van der Waals surface area contributed by atoms with E-state index in [0.717, 1.165) is 37.2 Å². The molecule has 1 aliphatic carbocycles. The van der Waals surface area contributed by atoms with E-state index < -0.39 is 5.97 Å². The van der Waals surface area contributed by atoms with Crippen LogP contribution in [-0.4, -0.2) is 40.7 Å². The lowest BCUT2D eigenvalue weighted by molar-refractivity contribution is 0.0693. The van der Waals surface area contributed by atoms with Gasteiger partial charge in [-0.2, -0.15) is 0 Å². The van der Waals surface area contributed by atoms with Gasteiger partial charge in [-0.3, -0.25) is 4.79 Å². The Bertz CT molecular complexity index is 1030. The Kier molecular flexibility index (Phi) is 7.51. The summed E-state index contributed by atoms with van der Waals surface area (Å²) in [5.41, 5.74) is 1.42. The Morgan fingerprint density at radius 3 is 2.66 bits per heavy atom. The smallest absolute Gasteiger partial charge is 0.335 e. The topological polar surface area (TPSA) is 102 Å². The van der Waals surface area contributed by atoms with Crippen LogP contribution in [0, 0.1) is 11.8 Å². The zero-order valence-corrected chi connectivity index (χ0v) is 20.3. The lowest BCUT2D eigenvalue weighted by Gasteiger charge is -2.26. The van der Waals surface area contributed by atoms with Crippen molar-refractivity contribution < 1.29 is 23.8 Å². The number of oxazole rings is 1. The lowest BCUT2D eigenvalue weighted by Crippen LogP contribution is -2.28. The number of nitrogens with zero attached hydrogens (tertiary/aromatic N) is 1. The summed E-state index contributed by atoms with van der Waals surface area (Å²) in [6.07, 6.45) is 14.2. The average molecular weight is 481 g/mol. The molecule has 3 fully saturated rings. The summed E-state index contributed by atoms with van der Waals surface area (Å²) in [6.45, 7) is 0.652. The van der Waals surface area contributed by atoms with Crippen molar-refractivity contribution in [3.05, 3.63) is 53.2 Å². The third kappa shape index (κ3) is 5.45. The maximum Gasteiger partial charge on any atom is 0.335 e. The SMILES string of the molecule is O=C(NCCCCC1CCCCC1)c1coc([C@H]2[C@@H](Cc3ccccc3C(=O)O)[C@@H]3CC[C@H]2O3)n1. The van der Waals surface area contributed by atoms with Crippen LogP contribution in [0.15, 0.2) is 34.9 Å². The first-order valence-corrected chi connectivity index (χ1v) is 13.3. The fraction of sp³-hybridized carbons (Fsp3) is 0.607. The highest BCUT2D eigenvalue weighted by Crippen LogP contribution is 2.49. The molecule has 5 rings (SSSR count). The van der Waals surface area contributed by atoms with Gasteiger partial charge in [-0.05, 0) is 43.2 Å². The molecule has 0 unspecified atom stereocenters. The van der Waals surface area contributed by atoms with Gasteiger partial charge in [0.2, 0.25) is 5.89 Å². The van der Waals surface area contributed by atoms with Gasteiger partial charge >= 0.3 is 5.97 Å². The number of aromatic nitrogens is 1. The number of unbranched alkanes of at least 4 members (excludes halogenated alkanes) is 1. The van der Waals surface area contributed by atoms with Crippen molar-refractivity contribution in [2.24, 2.45) is 11.8 Å². The third-order valence-electron chi connectivity index (χ3n) is 8.22. The van der Waals surface area contributed by atoms with E-state index in [0.29, 0.717) is 30.1 Å². The summed E-state index contributed by atoms with van der Waals surface area (Å²) in [4.78, 5) is 28.9. The Morgan fingerprint density at radius 1 is 1.03 bits per heavy atom. The predicted molar refractivity (Wildman–Crippen MR) is 130 cm³/mol. The molecule has 0 spiro atoms. The zero-order chi connectivity index (χ0) is 24.2. The lowest BCUT2D eigenvalue weighted by atomic mass is 9.75. The first-order valence-electron chi connectivity index (χ1n) is 13.3. The van der Waals surface area contributed by atoms with Gasteiger partial charge < -0.3 is 19.6 Å². The molecule has 2 aliphatic heterocycles. The number of hydrogen-bond donors (Lipinski definition) is 2. The molecule has 2 aromatic rings. The molecule has 1 aromatic carbocycles. The molecule has 188 valence electrons. The van der Waals surface area contributed by atoms with E-state index in [1.807, 2.05) is 12.1 Å². The first-order chi connectivity index (χ1) is 17.1. The number of hydrogen-bond acceptors (Lipinski definition) is 5. The van der Waals surface area contributed by atoms with Crippen LogP contribution in [0.1, 0.15) is 102 Å². The van der Waals surface area contributed by atoms with Gasteiger partial charge in [-0.1, -0.05) is 63.1 Å². The third-order valence-corrected chi connectivity index (χ3v) is 8.22. The fourth-order valence-corrected chi connectivity index (χ4v) is 6.41. The van der Waals surface area contributed by atoms with Gasteiger partial charge in [0.1, 0.15) is 6.26 Å². The van der Waals surface area contributed by atoms with Crippen LogP contribution in [0.2, 0.25) is 0 Å². The number of carboxylic acids is 1. The molecule has 7 nitrogen and oxygen atoms in total. The number of carbonyl (C=O) groups excluding carboxylic acids is 1. The highest BCUT2D eigenvalue weighted by molar-refractivity contribution is 5.92. The number of carbonyl (C=O) groups is 2. The van der Waals surface area contributed by atoms with Gasteiger partial charge in [0.05, 0.1) is 23.7 Å². The summed E-state index contributed by atoms with van der Waals surface area (Å²) < 4.78 is 12.0. The van der Waals surface area contributed by atoms with Crippen LogP contribution in [-0.2, 0) is 11.2 Å². The van der Waals surface area contributed by atoms with Gasteiger partial charge in [-0.15, -0.1) is 0 Å². The minimum atomic E-state index is -0.921. The van der Waals surface area contributed by atoms with Crippen molar-refractivity contribution >= 4 is 11.9 Å². The normalized spacial score (nSPS) is 26.2. The molecule has 2 bridgehead atoms. The minimum Gasteiger partial charge on any atom is -0.478 e. The average Bonchev–Trinajstić information content (AvgIpc) is 3.61. The highest BCUT2D eigenvalue weighted by Gasteiger charge is 2.51. The van der Waals surface area contributed by atoms with Crippen LogP contribution in [0.5, 0.6) is 0 Å². The van der Waals surface area contributed by atoms with E-state index >= 15 is 0 Å². The van der Waals surface area contributed by atoms with Crippen molar-refractivity contribution in [2.45, 2.75) is 88.8 Å². The van der Waals surface area contributed by atoms with Gasteiger partial charge in [0.15, 0.2) is 5.69 Å². The van der Waals surface area contributed by atoms with E-state index in [4.69, 9.17) is 9.15 Å². The van der Waals surface area contributed by atoms with Gasteiger partial charge in [0.25, 0.3) is 5.91 Å². The Morgan fingerprint density at radius 2 is 1.83 bits per heavy atom. The minimum absolute atomic E-state index is 0.00339. The number of amides is 1. The first kappa shape index (κ1) is 24.0. The second-order valence-electron chi connectivity index (χ2n) is 10.5. The molecule has 3 heterocycles. The standard InChI is InChI=1S/C28H36N2O5/c31-26(29-15-7-6-10-18-8-2-1-3-9-18)22-17-34-27(30-22)25-21(23-13-14-24(25)35-23)16-19-11-4-5-12-20(19)28(32)33/h4-5,11-12,17-18,21,23-25H,1-3,6-10,13-16H2,(H,29,31)(H,32,33)/t21-,23-,24+,25-/m0/s1. The van der Waals surface area contributed by atoms with Crippen LogP contribution in [0.4, 0.5) is 0 Å². The van der Waals surface area contributed by atoms with Crippen LogP contribution in [0.25, 0.3) is 0 Å². The molecule has 2 N–H and O–H groups in total. The molecule has 3 aliphatic rings. The van der Waals surface area contributed by atoms with E-state index in [-0.39, 0.29) is 30.0 Å². The number of aromatic carboxylic acids is 1. The molecule has 4 atom stereocenters. The van der Waals surface area contributed by atoms with Crippen LogP contribution in [0.3, 0.4) is 0 Å². The molecule has 0 radical (unpaired) electrons. The number of carboxylic acid groups (broad SMARTS) is 1. The Labute approximate surface area is 206 Å². The van der Waals surface area contributed by atoms with Gasteiger partial charge in [-0.25, -0.2) is 9.78 Å². The Hall–Kier alpha value is -2.67. The zero-order valence-electron chi connectivity index (χ0n) is 20.3. The molecule has 7 heteroatoms. The van der Waals surface area contributed by atoms with Crippen molar-refractivity contribution in [2.75, 3.05) is 6.54 Å². The number of fused-ring (bicyclic) bond motifs is 2. The largest absolute Gasteiger partial charge is 0.478 e. The predicted octanol–water partition coefficient (Wildman–Crippen LogP) is 5.36. The van der Waals surface area contributed by atoms with Crippen molar-refractivity contribution in [1.82, 2.24) is 10.3 Å². The maximum atomic E-state index is 12.7. The van der Waals surface area contributed by atoms with E-state index in [9.17, 15) is 14.7 Å². The summed E-state index contributed by atoms with van der Waals surface area (Å²) in [7, 11) is 0. The molecular weight excluding hydrogens is 444 g/mol. The Balaban J connectivity index is 1.18. The summed E-state index contributed by atoms with van der Waals surface area (Å²) in [6, 6.07) is 7.13. The van der Waals surface area contributed by atoms with E-state index in [1.165, 1.54) is 44.8 Å². The second kappa shape index (κ2) is 10.9. The number of ether oxygens (including phenoxy) is 1. The molecule has 1 saturated carbocycles. The number of rotatable bonds is 10.